The summed E-state index contributed by atoms with van der Waals surface area (Å²) in [4.78, 5) is 10.4. The van der Waals surface area contributed by atoms with E-state index in [1.165, 1.54) is 0 Å². The molecule has 2 atom stereocenters. The molecule has 0 heterocycles. The smallest absolute Gasteiger partial charge is 0.123 e. The quantitative estimate of drug-likeness (QED) is 0.454. The zero-order valence-electron chi connectivity index (χ0n) is 5.86. The molecule has 0 radical (unpaired) electrons. The van der Waals surface area contributed by atoms with Gasteiger partial charge in [0, 0.05) is 12.5 Å². The van der Waals surface area contributed by atoms with E-state index in [9.17, 15) is 4.79 Å². The number of carbonyl (C=O) groups excluding carboxylic acids is 1. The van der Waals surface area contributed by atoms with Crippen LogP contribution in [0.2, 0.25) is 0 Å². The molecule has 2 heteroatoms. The minimum Gasteiger partial charge on any atom is -0.396 e. The van der Waals surface area contributed by atoms with Gasteiger partial charge in [-0.05, 0) is 18.8 Å². The maximum absolute atomic E-state index is 10.4. The molecule has 10 heavy (non-hydrogen) atoms. The topological polar surface area (TPSA) is 37.3 Å². The fraction of sp³-hybridized carbons (Fsp3) is 0.625. The maximum Gasteiger partial charge on any atom is 0.123 e. The first-order chi connectivity index (χ1) is 4.88. The summed E-state index contributed by atoms with van der Waals surface area (Å²) in [6, 6.07) is 0. The summed E-state index contributed by atoms with van der Waals surface area (Å²) in [5.74, 6) is 0.220. The Kier molecular flexibility index (Phi) is 2.63. The van der Waals surface area contributed by atoms with Gasteiger partial charge in [0.15, 0.2) is 0 Å². The van der Waals surface area contributed by atoms with Gasteiger partial charge < -0.3 is 9.90 Å². The van der Waals surface area contributed by atoms with E-state index in [-0.39, 0.29) is 18.4 Å². The average molecular weight is 140 g/mol. The minimum absolute atomic E-state index is 0.0509. The van der Waals surface area contributed by atoms with Crippen molar-refractivity contribution in [3.8, 4) is 0 Å². The standard InChI is InChI=1S/C8H12O2/c9-5-7-3-1-2-4-8(7)6-10/h1-2,5,7-8,10H,3-4,6H2/t7-,8+/m0/s1. The first kappa shape index (κ1) is 7.48. The van der Waals surface area contributed by atoms with Crippen LogP contribution in [-0.2, 0) is 4.79 Å². The fourth-order valence-corrected chi connectivity index (χ4v) is 1.27. The number of aldehydes is 1. The molecule has 0 saturated heterocycles. The minimum atomic E-state index is 0.0509. The van der Waals surface area contributed by atoms with Gasteiger partial charge in [0.25, 0.3) is 0 Å². The molecule has 0 aromatic rings. The Morgan fingerprint density at radius 3 is 2.70 bits per heavy atom. The third kappa shape index (κ3) is 1.45. The lowest BCUT2D eigenvalue weighted by atomic mass is 9.85. The Hall–Kier alpha value is -0.630. The lowest BCUT2D eigenvalue weighted by Gasteiger charge is -2.21. The molecule has 0 aromatic heterocycles. The number of aliphatic hydroxyl groups excluding tert-OH is 1. The van der Waals surface area contributed by atoms with Crippen LogP contribution in [0.15, 0.2) is 12.2 Å². The molecule has 0 bridgehead atoms. The lowest BCUT2D eigenvalue weighted by molar-refractivity contribution is -0.113. The zero-order valence-corrected chi connectivity index (χ0v) is 5.86. The van der Waals surface area contributed by atoms with Gasteiger partial charge in [0.05, 0.1) is 0 Å². The first-order valence-corrected chi connectivity index (χ1v) is 3.59. The molecule has 0 aromatic carbocycles. The van der Waals surface area contributed by atoms with Crippen LogP contribution in [0, 0.1) is 11.8 Å². The largest absolute Gasteiger partial charge is 0.396 e. The van der Waals surface area contributed by atoms with Gasteiger partial charge in [-0.25, -0.2) is 0 Å². The normalized spacial score (nSPS) is 32.1. The van der Waals surface area contributed by atoms with E-state index in [4.69, 9.17) is 5.11 Å². The van der Waals surface area contributed by atoms with Crippen molar-refractivity contribution in [1.82, 2.24) is 0 Å². The summed E-state index contributed by atoms with van der Waals surface area (Å²) in [6.07, 6.45) is 6.63. The molecule has 0 unspecified atom stereocenters. The highest BCUT2D eigenvalue weighted by Gasteiger charge is 2.20. The second kappa shape index (κ2) is 3.52. The Labute approximate surface area is 60.6 Å². The Morgan fingerprint density at radius 2 is 2.20 bits per heavy atom. The predicted molar refractivity (Wildman–Crippen MR) is 38.5 cm³/mol. The summed E-state index contributed by atoms with van der Waals surface area (Å²) < 4.78 is 0. The van der Waals surface area contributed by atoms with E-state index < -0.39 is 0 Å². The van der Waals surface area contributed by atoms with Gasteiger partial charge in [-0.1, -0.05) is 12.2 Å². The van der Waals surface area contributed by atoms with Gasteiger partial charge in [0.1, 0.15) is 6.29 Å². The predicted octanol–water partition coefficient (Wildman–Crippen LogP) is 0.760. The van der Waals surface area contributed by atoms with Crippen LogP contribution in [0.5, 0.6) is 0 Å². The summed E-state index contributed by atoms with van der Waals surface area (Å²) in [7, 11) is 0. The van der Waals surface area contributed by atoms with E-state index >= 15 is 0 Å². The number of rotatable bonds is 2. The monoisotopic (exact) mass is 140 g/mol. The van der Waals surface area contributed by atoms with Crippen molar-refractivity contribution in [2.24, 2.45) is 11.8 Å². The molecule has 0 amide bonds. The molecule has 1 aliphatic carbocycles. The Balaban J connectivity index is 2.53. The summed E-state index contributed by atoms with van der Waals surface area (Å²) in [5.41, 5.74) is 0. The number of hydrogen-bond donors (Lipinski definition) is 1. The molecule has 0 fully saturated rings. The molecule has 1 N–H and O–H groups in total. The zero-order chi connectivity index (χ0) is 7.40. The summed E-state index contributed by atoms with van der Waals surface area (Å²) >= 11 is 0. The van der Waals surface area contributed by atoms with E-state index in [2.05, 4.69) is 0 Å². The summed E-state index contributed by atoms with van der Waals surface area (Å²) in [6.45, 7) is 0.133. The molecule has 56 valence electrons. The van der Waals surface area contributed by atoms with Crippen molar-refractivity contribution in [3.63, 3.8) is 0 Å². The van der Waals surface area contributed by atoms with Gasteiger partial charge in [-0.3, -0.25) is 0 Å². The highest BCUT2D eigenvalue weighted by atomic mass is 16.3. The third-order valence-corrected chi connectivity index (χ3v) is 2.03. The van der Waals surface area contributed by atoms with Crippen molar-refractivity contribution in [1.29, 1.82) is 0 Å². The maximum atomic E-state index is 10.4. The van der Waals surface area contributed by atoms with E-state index in [1.54, 1.807) is 0 Å². The van der Waals surface area contributed by atoms with Crippen molar-refractivity contribution in [2.45, 2.75) is 12.8 Å². The van der Waals surface area contributed by atoms with Gasteiger partial charge >= 0.3 is 0 Å². The number of carbonyl (C=O) groups is 1. The number of allylic oxidation sites excluding steroid dienone is 2. The first-order valence-electron chi connectivity index (χ1n) is 3.59. The van der Waals surface area contributed by atoms with Crippen LogP contribution in [0.25, 0.3) is 0 Å². The molecule has 2 nitrogen and oxygen atoms in total. The van der Waals surface area contributed by atoms with Crippen LogP contribution in [0.3, 0.4) is 0 Å². The molecule has 0 saturated carbocycles. The van der Waals surface area contributed by atoms with E-state index in [1.807, 2.05) is 12.2 Å². The van der Waals surface area contributed by atoms with Gasteiger partial charge in [-0.2, -0.15) is 0 Å². The molecular formula is C8H12O2. The van der Waals surface area contributed by atoms with Crippen molar-refractivity contribution >= 4 is 6.29 Å². The SMILES string of the molecule is O=C[C@@H]1CC=CC[C@@H]1CO. The van der Waals surface area contributed by atoms with Crippen molar-refractivity contribution in [3.05, 3.63) is 12.2 Å². The van der Waals surface area contributed by atoms with Gasteiger partial charge in [-0.15, -0.1) is 0 Å². The second-order valence-corrected chi connectivity index (χ2v) is 2.69. The molecule has 0 aliphatic heterocycles. The molecule has 1 aliphatic rings. The number of aliphatic hydroxyl groups is 1. The summed E-state index contributed by atoms with van der Waals surface area (Å²) in [5, 5.41) is 8.80. The van der Waals surface area contributed by atoms with Crippen molar-refractivity contribution < 1.29 is 9.90 Å². The van der Waals surface area contributed by atoms with Gasteiger partial charge in [0.2, 0.25) is 0 Å². The van der Waals surface area contributed by atoms with Crippen LogP contribution in [0.1, 0.15) is 12.8 Å². The molecule has 1 rings (SSSR count). The van der Waals surface area contributed by atoms with E-state index in [0.717, 1.165) is 19.1 Å². The van der Waals surface area contributed by atoms with E-state index in [0.29, 0.717) is 0 Å². The van der Waals surface area contributed by atoms with Crippen LogP contribution >= 0.6 is 0 Å². The highest BCUT2D eigenvalue weighted by Crippen LogP contribution is 2.22. The lowest BCUT2D eigenvalue weighted by Crippen LogP contribution is -2.21. The molecular weight excluding hydrogens is 128 g/mol. The number of hydrogen-bond acceptors (Lipinski definition) is 2. The third-order valence-electron chi connectivity index (χ3n) is 2.03. The average Bonchev–Trinajstić information content (AvgIpc) is 2.04. The Bertz CT molecular complexity index is 140. The fourth-order valence-electron chi connectivity index (χ4n) is 1.27. The van der Waals surface area contributed by atoms with Crippen molar-refractivity contribution in [2.75, 3.05) is 6.61 Å². The second-order valence-electron chi connectivity index (χ2n) is 2.69. The van der Waals surface area contributed by atoms with Crippen LogP contribution < -0.4 is 0 Å². The van der Waals surface area contributed by atoms with Crippen LogP contribution in [-0.4, -0.2) is 18.0 Å². The van der Waals surface area contributed by atoms with Crippen LogP contribution in [0.4, 0.5) is 0 Å². The molecule has 0 spiro atoms. The Morgan fingerprint density at radius 1 is 1.50 bits per heavy atom. The highest BCUT2D eigenvalue weighted by molar-refractivity contribution is 5.54.